The second-order valence-corrected chi connectivity index (χ2v) is 9.09. The number of carbonyl (C=O) groups excluding carboxylic acids is 1. The van der Waals surface area contributed by atoms with E-state index < -0.39 is 15.9 Å². The van der Waals surface area contributed by atoms with Crippen molar-refractivity contribution in [3.05, 3.63) is 18.0 Å². The average Bonchev–Trinajstić information content (AvgIpc) is 3.31. The third-order valence-electron chi connectivity index (χ3n) is 4.95. The molecule has 0 radical (unpaired) electrons. The highest BCUT2D eigenvalue weighted by atomic mass is 32.2. The molecular formula is C16H27N5O3S. The van der Waals surface area contributed by atoms with Gasteiger partial charge in [0.25, 0.3) is 0 Å². The first kappa shape index (κ1) is 18.2. The highest BCUT2D eigenvalue weighted by Crippen LogP contribution is 2.27. The predicted octanol–water partition coefficient (Wildman–Crippen LogP) is 0.386. The summed E-state index contributed by atoms with van der Waals surface area (Å²) in [6, 6.07) is -0.000985. The molecule has 1 aromatic rings. The highest BCUT2D eigenvalue weighted by Gasteiger charge is 2.36. The number of sulfone groups is 1. The van der Waals surface area contributed by atoms with Crippen LogP contribution in [-0.4, -0.2) is 77.8 Å². The van der Waals surface area contributed by atoms with Gasteiger partial charge in [-0.25, -0.2) is 13.2 Å². The zero-order chi connectivity index (χ0) is 18.0. The first-order valence-corrected chi connectivity index (χ1v) is 10.7. The molecule has 1 aromatic heterocycles. The largest absolute Gasteiger partial charge is 0.337 e. The van der Waals surface area contributed by atoms with E-state index in [1.165, 1.54) is 12.8 Å². The van der Waals surface area contributed by atoms with Crippen LogP contribution in [0.25, 0.3) is 0 Å². The summed E-state index contributed by atoms with van der Waals surface area (Å²) in [4.78, 5) is 16.6. The summed E-state index contributed by atoms with van der Waals surface area (Å²) in [5.41, 5.74) is 0.758. The van der Waals surface area contributed by atoms with E-state index in [4.69, 9.17) is 0 Å². The molecule has 0 bridgehead atoms. The van der Waals surface area contributed by atoms with E-state index in [0.29, 0.717) is 12.6 Å². The molecule has 1 saturated heterocycles. The van der Waals surface area contributed by atoms with Gasteiger partial charge in [-0.15, -0.1) is 0 Å². The SMILES string of the molecule is CCN(CCNC(=O)N1CCS(=O)(=O)C[C@H]1c1cnn(C)c1)C1CC1. The molecule has 9 heteroatoms. The van der Waals surface area contributed by atoms with E-state index in [0.717, 1.165) is 18.7 Å². The van der Waals surface area contributed by atoms with Crippen molar-refractivity contribution in [3.8, 4) is 0 Å². The van der Waals surface area contributed by atoms with Crippen molar-refractivity contribution >= 4 is 15.9 Å². The molecule has 2 amide bonds. The summed E-state index contributed by atoms with van der Waals surface area (Å²) in [7, 11) is -1.36. The van der Waals surface area contributed by atoms with Gasteiger partial charge in [-0.05, 0) is 19.4 Å². The molecule has 0 aromatic carbocycles. The molecule has 2 heterocycles. The number of carbonyl (C=O) groups is 1. The van der Waals surface area contributed by atoms with Crippen molar-refractivity contribution in [1.82, 2.24) is 24.9 Å². The Labute approximate surface area is 149 Å². The van der Waals surface area contributed by atoms with Crippen molar-refractivity contribution in [1.29, 1.82) is 0 Å². The van der Waals surface area contributed by atoms with Crippen LogP contribution in [0.2, 0.25) is 0 Å². The van der Waals surface area contributed by atoms with Gasteiger partial charge in [-0.3, -0.25) is 9.58 Å². The van der Waals surface area contributed by atoms with Gasteiger partial charge in [0.05, 0.1) is 23.7 Å². The van der Waals surface area contributed by atoms with Crippen LogP contribution in [0.15, 0.2) is 12.4 Å². The topological polar surface area (TPSA) is 87.5 Å². The number of amides is 2. The Bertz CT molecular complexity index is 713. The van der Waals surface area contributed by atoms with Crippen LogP contribution in [0.5, 0.6) is 0 Å². The van der Waals surface area contributed by atoms with Crippen molar-refractivity contribution < 1.29 is 13.2 Å². The first-order chi connectivity index (χ1) is 11.9. The maximum atomic E-state index is 12.6. The minimum atomic E-state index is -3.15. The van der Waals surface area contributed by atoms with E-state index in [1.807, 2.05) is 0 Å². The van der Waals surface area contributed by atoms with E-state index in [9.17, 15) is 13.2 Å². The Balaban J connectivity index is 1.62. The second-order valence-electron chi connectivity index (χ2n) is 6.86. The molecule has 0 spiro atoms. The van der Waals surface area contributed by atoms with Crippen LogP contribution in [0.1, 0.15) is 31.4 Å². The lowest BCUT2D eigenvalue weighted by atomic mass is 10.1. The highest BCUT2D eigenvalue weighted by molar-refractivity contribution is 7.91. The Morgan fingerprint density at radius 1 is 1.44 bits per heavy atom. The molecule has 1 N–H and O–H groups in total. The summed E-state index contributed by atoms with van der Waals surface area (Å²) in [6.07, 6.45) is 5.90. The van der Waals surface area contributed by atoms with Crippen molar-refractivity contribution in [2.45, 2.75) is 31.8 Å². The molecule has 3 rings (SSSR count). The van der Waals surface area contributed by atoms with Crippen LogP contribution >= 0.6 is 0 Å². The first-order valence-electron chi connectivity index (χ1n) is 8.87. The van der Waals surface area contributed by atoms with E-state index in [-0.39, 0.29) is 24.1 Å². The van der Waals surface area contributed by atoms with Crippen LogP contribution < -0.4 is 5.32 Å². The van der Waals surface area contributed by atoms with Crippen molar-refractivity contribution in [2.75, 3.05) is 37.7 Å². The number of likely N-dealkylation sites (N-methyl/N-ethyl adjacent to an activating group) is 1. The zero-order valence-electron chi connectivity index (χ0n) is 14.9. The van der Waals surface area contributed by atoms with Gasteiger partial charge in [-0.1, -0.05) is 6.92 Å². The van der Waals surface area contributed by atoms with Crippen LogP contribution in [0.3, 0.4) is 0 Å². The molecular weight excluding hydrogens is 342 g/mol. The number of nitrogens with zero attached hydrogens (tertiary/aromatic N) is 4. The third-order valence-corrected chi connectivity index (χ3v) is 6.57. The maximum absolute atomic E-state index is 12.6. The summed E-state index contributed by atoms with van der Waals surface area (Å²) in [5, 5.41) is 7.07. The quantitative estimate of drug-likeness (QED) is 0.784. The minimum absolute atomic E-state index is 0.0142. The van der Waals surface area contributed by atoms with Gasteiger partial charge in [0.1, 0.15) is 0 Å². The Morgan fingerprint density at radius 3 is 2.80 bits per heavy atom. The molecule has 2 fully saturated rings. The summed E-state index contributed by atoms with van der Waals surface area (Å²) >= 11 is 0. The average molecular weight is 369 g/mol. The lowest BCUT2D eigenvalue weighted by Crippen LogP contribution is -2.51. The third kappa shape index (κ3) is 4.52. The number of rotatable bonds is 6. The molecule has 8 nitrogen and oxygen atoms in total. The predicted molar refractivity (Wildman–Crippen MR) is 95.0 cm³/mol. The van der Waals surface area contributed by atoms with E-state index >= 15 is 0 Å². The lowest BCUT2D eigenvalue weighted by molar-refractivity contribution is 0.178. The van der Waals surface area contributed by atoms with Gasteiger partial charge < -0.3 is 10.2 Å². The number of aromatic nitrogens is 2. The fourth-order valence-corrected chi connectivity index (χ4v) is 4.88. The van der Waals surface area contributed by atoms with Gasteiger partial charge in [0, 0.05) is 44.5 Å². The van der Waals surface area contributed by atoms with Gasteiger partial charge in [0.2, 0.25) is 0 Å². The second kappa shape index (κ2) is 7.33. The van der Waals surface area contributed by atoms with Crippen LogP contribution in [0, 0.1) is 0 Å². The summed E-state index contributed by atoms with van der Waals surface area (Å²) in [5.74, 6) is -0.0321. The van der Waals surface area contributed by atoms with Crippen molar-refractivity contribution in [2.24, 2.45) is 7.05 Å². The molecule has 25 heavy (non-hydrogen) atoms. The smallest absolute Gasteiger partial charge is 0.318 e. The Morgan fingerprint density at radius 2 is 2.20 bits per heavy atom. The monoisotopic (exact) mass is 369 g/mol. The summed E-state index contributed by atoms with van der Waals surface area (Å²) < 4.78 is 25.7. The molecule has 140 valence electrons. The summed E-state index contributed by atoms with van der Waals surface area (Å²) in [6.45, 7) is 4.74. The number of hydrogen-bond donors (Lipinski definition) is 1. The van der Waals surface area contributed by atoms with E-state index in [2.05, 4.69) is 22.2 Å². The van der Waals surface area contributed by atoms with E-state index in [1.54, 1.807) is 29.0 Å². The molecule has 1 saturated carbocycles. The number of urea groups is 1. The van der Waals surface area contributed by atoms with Gasteiger partial charge >= 0.3 is 6.03 Å². The molecule has 1 aliphatic carbocycles. The van der Waals surface area contributed by atoms with Crippen LogP contribution in [0.4, 0.5) is 4.79 Å². The van der Waals surface area contributed by atoms with Crippen molar-refractivity contribution in [3.63, 3.8) is 0 Å². The fourth-order valence-electron chi connectivity index (χ4n) is 3.39. The van der Waals surface area contributed by atoms with Gasteiger partial charge in [-0.2, -0.15) is 5.10 Å². The molecule has 1 atom stereocenters. The minimum Gasteiger partial charge on any atom is -0.337 e. The number of hydrogen-bond acceptors (Lipinski definition) is 5. The maximum Gasteiger partial charge on any atom is 0.318 e. The molecule has 1 aliphatic heterocycles. The normalized spacial score (nSPS) is 23.0. The molecule has 0 unspecified atom stereocenters. The fraction of sp³-hybridized carbons (Fsp3) is 0.750. The standard InChI is InChI=1S/C16H27N5O3S/c1-3-20(14-4-5-14)7-6-17-16(22)21-8-9-25(23,24)12-15(21)13-10-18-19(2)11-13/h10-11,14-15H,3-9,12H2,1-2H3,(H,17,22)/t15-/m0/s1. The van der Waals surface area contributed by atoms with Gasteiger partial charge in [0.15, 0.2) is 9.84 Å². The Hall–Kier alpha value is -1.61. The van der Waals surface area contributed by atoms with Crippen LogP contribution in [-0.2, 0) is 16.9 Å². The Kier molecular flexibility index (Phi) is 5.33. The lowest BCUT2D eigenvalue weighted by Gasteiger charge is -2.35. The molecule has 2 aliphatic rings. The number of nitrogens with one attached hydrogen (secondary N) is 1. The number of aryl methyl sites for hydroxylation is 1. The zero-order valence-corrected chi connectivity index (χ0v) is 15.7.